The molecule has 0 fully saturated rings. The van der Waals surface area contributed by atoms with Crippen LogP contribution in [0.2, 0.25) is 0 Å². The van der Waals surface area contributed by atoms with Gasteiger partial charge in [-0.3, -0.25) is 19.7 Å². The summed E-state index contributed by atoms with van der Waals surface area (Å²) in [7, 11) is 0. The van der Waals surface area contributed by atoms with Crippen molar-refractivity contribution in [2.75, 3.05) is 5.43 Å². The van der Waals surface area contributed by atoms with E-state index in [-0.39, 0.29) is 11.5 Å². The summed E-state index contributed by atoms with van der Waals surface area (Å²) in [6.07, 6.45) is 3.95. The molecule has 106 valence electrons. The predicted octanol–water partition coefficient (Wildman–Crippen LogP) is 1.38. The summed E-state index contributed by atoms with van der Waals surface area (Å²) in [5.74, 6) is -0.259. The number of hydrogen-bond acceptors (Lipinski definition) is 3. The minimum Gasteiger partial charge on any atom is -0.271 e. The Morgan fingerprint density at radius 1 is 1.40 bits per heavy atom. The third-order valence-electron chi connectivity index (χ3n) is 3.12. The molecule has 1 unspecified atom stereocenters. The summed E-state index contributed by atoms with van der Waals surface area (Å²) < 4.78 is 2.85. The van der Waals surface area contributed by atoms with Crippen molar-refractivity contribution in [2.45, 2.75) is 33.2 Å². The molecule has 2 heterocycles. The van der Waals surface area contributed by atoms with Gasteiger partial charge in [-0.15, -0.1) is 0 Å². The Hall–Kier alpha value is -2.37. The highest BCUT2D eigenvalue weighted by molar-refractivity contribution is 5.87. The van der Waals surface area contributed by atoms with E-state index in [1.165, 1.54) is 10.7 Å². The van der Waals surface area contributed by atoms with Crippen molar-refractivity contribution < 1.29 is 4.79 Å². The van der Waals surface area contributed by atoms with E-state index in [0.29, 0.717) is 12.1 Å². The van der Waals surface area contributed by atoms with E-state index >= 15 is 0 Å². The molecule has 1 N–H and O–H groups in total. The van der Waals surface area contributed by atoms with Crippen molar-refractivity contribution in [1.82, 2.24) is 14.5 Å². The molecule has 2 rings (SSSR count). The second-order valence-electron chi connectivity index (χ2n) is 4.73. The average molecular weight is 274 g/mol. The number of nitrogens with one attached hydrogen (secondary N) is 1. The number of carbonyl (C=O) groups excluding carboxylic acids is 1. The van der Waals surface area contributed by atoms with Crippen molar-refractivity contribution in [2.24, 2.45) is 0 Å². The topological polar surface area (TPSA) is 68.9 Å². The fourth-order valence-electron chi connectivity index (χ4n) is 2.15. The number of rotatable bonds is 4. The molecule has 6 nitrogen and oxygen atoms in total. The Labute approximate surface area is 117 Å². The zero-order chi connectivity index (χ0) is 14.7. The van der Waals surface area contributed by atoms with Gasteiger partial charge in [0.1, 0.15) is 6.04 Å². The lowest BCUT2D eigenvalue weighted by molar-refractivity contribution is -0.120. The third kappa shape index (κ3) is 2.79. The molecule has 0 aliphatic heterocycles. The highest BCUT2D eigenvalue weighted by Gasteiger charge is 2.19. The average Bonchev–Trinajstić information content (AvgIpc) is 2.88. The van der Waals surface area contributed by atoms with Crippen LogP contribution in [0.5, 0.6) is 0 Å². The normalized spacial score (nSPS) is 12.2. The minimum absolute atomic E-state index is 0.244. The predicted molar refractivity (Wildman–Crippen MR) is 76.1 cm³/mol. The van der Waals surface area contributed by atoms with Gasteiger partial charge in [-0.2, -0.15) is 5.10 Å². The summed E-state index contributed by atoms with van der Waals surface area (Å²) in [4.78, 5) is 24.2. The Morgan fingerprint density at radius 3 is 2.70 bits per heavy atom. The molecule has 1 amide bonds. The molecule has 2 aromatic rings. The van der Waals surface area contributed by atoms with Gasteiger partial charge in [0.05, 0.1) is 0 Å². The zero-order valence-corrected chi connectivity index (χ0v) is 11.8. The zero-order valence-electron chi connectivity index (χ0n) is 11.8. The number of pyridine rings is 1. The van der Waals surface area contributed by atoms with Crippen LogP contribution in [0.4, 0.5) is 0 Å². The quantitative estimate of drug-likeness (QED) is 0.915. The van der Waals surface area contributed by atoms with Crippen molar-refractivity contribution in [3.05, 3.63) is 52.2 Å². The number of aromatic nitrogens is 3. The molecule has 20 heavy (non-hydrogen) atoms. The lowest BCUT2D eigenvalue weighted by atomic mass is 10.2. The van der Waals surface area contributed by atoms with E-state index in [1.54, 1.807) is 30.1 Å². The lowest BCUT2D eigenvalue weighted by Gasteiger charge is -2.18. The van der Waals surface area contributed by atoms with Crippen LogP contribution >= 0.6 is 0 Å². The summed E-state index contributed by atoms with van der Waals surface area (Å²) in [6.45, 7) is 5.53. The van der Waals surface area contributed by atoms with E-state index in [1.807, 2.05) is 19.9 Å². The summed E-state index contributed by atoms with van der Waals surface area (Å²) >= 11 is 0. The van der Waals surface area contributed by atoms with Crippen LogP contribution in [0.1, 0.15) is 30.6 Å². The van der Waals surface area contributed by atoms with Gasteiger partial charge in [-0.25, -0.2) is 4.68 Å². The van der Waals surface area contributed by atoms with Gasteiger partial charge in [0.25, 0.3) is 11.5 Å². The first-order valence-electron chi connectivity index (χ1n) is 6.53. The van der Waals surface area contributed by atoms with Crippen LogP contribution in [-0.2, 0) is 4.79 Å². The number of nitrogens with zero attached hydrogens (tertiary/aromatic N) is 3. The number of amides is 1. The molecular weight excluding hydrogens is 256 g/mol. The summed E-state index contributed by atoms with van der Waals surface area (Å²) in [5.41, 5.74) is 3.97. The molecule has 0 aliphatic carbocycles. The molecule has 6 heteroatoms. The number of carbonyl (C=O) groups is 1. The van der Waals surface area contributed by atoms with Crippen molar-refractivity contribution >= 4 is 5.91 Å². The van der Waals surface area contributed by atoms with Crippen LogP contribution in [0.25, 0.3) is 0 Å². The maximum absolute atomic E-state index is 12.3. The van der Waals surface area contributed by atoms with Crippen LogP contribution in [0.15, 0.2) is 35.4 Å². The van der Waals surface area contributed by atoms with Gasteiger partial charge in [0.2, 0.25) is 0 Å². The Morgan fingerprint density at radius 2 is 2.15 bits per heavy atom. The van der Waals surface area contributed by atoms with E-state index in [4.69, 9.17) is 0 Å². The highest BCUT2D eigenvalue weighted by Crippen LogP contribution is 2.10. The van der Waals surface area contributed by atoms with Gasteiger partial charge in [0, 0.05) is 24.2 Å². The van der Waals surface area contributed by atoms with Crippen molar-refractivity contribution in [1.29, 1.82) is 0 Å². The highest BCUT2D eigenvalue weighted by atomic mass is 16.2. The maximum atomic E-state index is 12.3. The first kappa shape index (κ1) is 14.0. The van der Waals surface area contributed by atoms with Gasteiger partial charge >= 0.3 is 0 Å². The molecule has 0 saturated heterocycles. The minimum atomic E-state index is -0.433. The maximum Gasteiger partial charge on any atom is 0.269 e. The summed E-state index contributed by atoms with van der Waals surface area (Å²) in [5, 5.41) is 4.08. The lowest BCUT2D eigenvalue weighted by Crippen LogP contribution is -2.38. The van der Waals surface area contributed by atoms with Crippen LogP contribution in [-0.4, -0.2) is 20.4 Å². The molecule has 0 spiro atoms. The Balaban J connectivity index is 2.26. The smallest absolute Gasteiger partial charge is 0.269 e. The first-order valence-corrected chi connectivity index (χ1v) is 6.53. The van der Waals surface area contributed by atoms with Gasteiger partial charge in [-0.1, -0.05) is 6.92 Å². The Bertz CT molecular complexity index is 658. The fraction of sp³-hybridized carbons (Fsp3) is 0.357. The number of aryl methyl sites for hydroxylation is 2. The van der Waals surface area contributed by atoms with Gasteiger partial charge < -0.3 is 0 Å². The molecular formula is C14H18N4O2. The van der Waals surface area contributed by atoms with Crippen LogP contribution < -0.4 is 11.0 Å². The molecule has 0 bridgehead atoms. The van der Waals surface area contributed by atoms with Crippen molar-refractivity contribution in [3.8, 4) is 0 Å². The fourth-order valence-corrected chi connectivity index (χ4v) is 2.15. The largest absolute Gasteiger partial charge is 0.271 e. The van der Waals surface area contributed by atoms with E-state index in [0.717, 1.165) is 5.56 Å². The Kier molecular flexibility index (Phi) is 4.02. The second kappa shape index (κ2) is 5.73. The third-order valence-corrected chi connectivity index (χ3v) is 3.12. The van der Waals surface area contributed by atoms with Gasteiger partial charge in [-0.05, 0) is 38.0 Å². The van der Waals surface area contributed by atoms with E-state index in [2.05, 4.69) is 10.5 Å². The molecule has 0 aromatic carbocycles. The van der Waals surface area contributed by atoms with E-state index in [9.17, 15) is 9.59 Å². The second-order valence-corrected chi connectivity index (χ2v) is 4.73. The monoisotopic (exact) mass is 274 g/mol. The molecule has 1 atom stereocenters. The number of hydrogen-bond donors (Lipinski definition) is 1. The van der Waals surface area contributed by atoms with E-state index < -0.39 is 6.04 Å². The van der Waals surface area contributed by atoms with Gasteiger partial charge in [0.15, 0.2) is 0 Å². The molecule has 0 aliphatic rings. The standard InChI is InChI=1S/C14H18N4O2/c1-4-12(17-7-5-6-15-17)14(20)16-18-11(3)8-10(2)9-13(18)19/h5-9,12H,4H2,1-3H3,(H,16,20). The SMILES string of the molecule is CCC(C(=O)Nn1c(C)cc(C)cc1=O)n1cccn1. The molecule has 0 saturated carbocycles. The molecule has 2 aromatic heterocycles. The summed E-state index contributed by atoms with van der Waals surface area (Å²) in [6, 6.07) is 4.66. The van der Waals surface area contributed by atoms with Crippen molar-refractivity contribution in [3.63, 3.8) is 0 Å². The first-order chi connectivity index (χ1) is 9.52. The van der Waals surface area contributed by atoms with Crippen LogP contribution in [0.3, 0.4) is 0 Å². The molecule has 0 radical (unpaired) electrons. The van der Waals surface area contributed by atoms with Crippen LogP contribution in [0, 0.1) is 13.8 Å².